The fraction of sp³-hybridized carbons (Fsp3) is 0.429. The average Bonchev–Trinajstić information content (AvgIpc) is 2.21. The van der Waals surface area contributed by atoms with E-state index in [1.54, 1.807) is 0 Å². The Balaban J connectivity index is 2.62. The average molecular weight is 217 g/mol. The molecule has 2 rings (SSSR count). The minimum Gasteiger partial charge on any atom is -0.485 e. The van der Waals surface area contributed by atoms with Crippen molar-refractivity contribution in [2.45, 2.75) is 26.2 Å². The minimum absolute atomic E-state index is 0.112. The summed E-state index contributed by atoms with van der Waals surface area (Å²) in [6.45, 7) is 11.2. The van der Waals surface area contributed by atoms with Gasteiger partial charge in [-0.1, -0.05) is 39.5 Å². The smallest absolute Gasteiger partial charge is 0.143 e. The summed E-state index contributed by atoms with van der Waals surface area (Å²) in [7, 11) is 2.05. The highest BCUT2D eigenvalue weighted by Gasteiger charge is 2.26. The van der Waals surface area contributed by atoms with E-state index in [-0.39, 0.29) is 5.41 Å². The van der Waals surface area contributed by atoms with Gasteiger partial charge in [0.25, 0.3) is 0 Å². The number of fused-ring (bicyclic) bond motifs is 1. The molecule has 0 aromatic heterocycles. The van der Waals surface area contributed by atoms with E-state index < -0.39 is 0 Å². The zero-order valence-electron chi connectivity index (χ0n) is 10.5. The number of rotatable bonds is 0. The lowest BCUT2D eigenvalue weighted by Crippen LogP contribution is -2.29. The molecule has 0 atom stereocenters. The molecule has 86 valence electrons. The number of para-hydroxylation sites is 1. The number of benzene rings is 1. The molecule has 0 fully saturated rings. The maximum atomic E-state index is 5.70. The number of hydrogen-bond acceptors (Lipinski definition) is 2. The van der Waals surface area contributed by atoms with E-state index in [2.05, 4.69) is 51.4 Å². The fourth-order valence-corrected chi connectivity index (χ4v) is 2.01. The topological polar surface area (TPSA) is 12.5 Å². The van der Waals surface area contributed by atoms with Crippen LogP contribution in [0.1, 0.15) is 26.3 Å². The Morgan fingerprint density at radius 2 is 2.00 bits per heavy atom. The van der Waals surface area contributed by atoms with Gasteiger partial charge in [-0.3, -0.25) is 0 Å². The molecule has 0 unspecified atom stereocenters. The standard InChI is InChI=1S/C14H19NO/c1-10-9-16-12-8-6-7-11(14(2,3)4)13(12)15(10)5/h6-8H,1,9H2,2-5H3. The molecule has 0 saturated heterocycles. The molecule has 16 heavy (non-hydrogen) atoms. The van der Waals surface area contributed by atoms with Gasteiger partial charge in [0.2, 0.25) is 0 Å². The predicted molar refractivity (Wildman–Crippen MR) is 68.2 cm³/mol. The van der Waals surface area contributed by atoms with Crippen LogP contribution in [0.15, 0.2) is 30.5 Å². The highest BCUT2D eigenvalue weighted by Crippen LogP contribution is 2.41. The lowest BCUT2D eigenvalue weighted by atomic mass is 9.85. The van der Waals surface area contributed by atoms with Gasteiger partial charge >= 0.3 is 0 Å². The summed E-state index contributed by atoms with van der Waals surface area (Å²) in [6, 6.07) is 6.24. The predicted octanol–water partition coefficient (Wildman–Crippen LogP) is 3.33. The molecule has 0 radical (unpaired) electrons. The molecule has 0 saturated carbocycles. The van der Waals surface area contributed by atoms with E-state index >= 15 is 0 Å². The Bertz CT molecular complexity index is 429. The largest absolute Gasteiger partial charge is 0.485 e. The van der Waals surface area contributed by atoms with Crippen LogP contribution in [0.25, 0.3) is 0 Å². The second kappa shape index (κ2) is 3.55. The second-order valence-corrected chi connectivity index (χ2v) is 5.32. The molecule has 0 amide bonds. The van der Waals surface area contributed by atoms with Crippen molar-refractivity contribution in [3.05, 3.63) is 36.0 Å². The van der Waals surface area contributed by atoms with Gasteiger partial charge in [-0.25, -0.2) is 0 Å². The number of ether oxygens (including phenoxy) is 1. The van der Waals surface area contributed by atoms with Crippen molar-refractivity contribution in [2.75, 3.05) is 18.6 Å². The van der Waals surface area contributed by atoms with Gasteiger partial charge in [0.15, 0.2) is 0 Å². The lowest BCUT2D eigenvalue weighted by molar-refractivity contribution is 0.336. The van der Waals surface area contributed by atoms with Crippen LogP contribution in [-0.4, -0.2) is 13.7 Å². The summed E-state index contributed by atoms with van der Waals surface area (Å²) in [5, 5.41) is 0. The molecule has 2 heteroatoms. The molecular formula is C14H19NO. The highest BCUT2D eigenvalue weighted by atomic mass is 16.5. The first kappa shape index (κ1) is 11.1. The quantitative estimate of drug-likeness (QED) is 0.661. The van der Waals surface area contributed by atoms with Gasteiger partial charge in [0.05, 0.1) is 5.69 Å². The number of anilines is 1. The van der Waals surface area contributed by atoms with Gasteiger partial charge in [0.1, 0.15) is 12.4 Å². The van der Waals surface area contributed by atoms with E-state index in [9.17, 15) is 0 Å². The zero-order valence-corrected chi connectivity index (χ0v) is 10.5. The minimum atomic E-state index is 0.112. The van der Waals surface area contributed by atoms with Crippen molar-refractivity contribution in [1.82, 2.24) is 0 Å². The summed E-state index contributed by atoms with van der Waals surface area (Å²) in [5.74, 6) is 0.960. The third-order valence-corrected chi connectivity index (χ3v) is 3.01. The second-order valence-electron chi connectivity index (χ2n) is 5.32. The first-order valence-electron chi connectivity index (χ1n) is 5.59. The first-order valence-corrected chi connectivity index (χ1v) is 5.59. The molecule has 0 N–H and O–H groups in total. The van der Waals surface area contributed by atoms with Gasteiger partial charge in [-0.15, -0.1) is 0 Å². The van der Waals surface area contributed by atoms with E-state index in [0.717, 1.165) is 17.1 Å². The SMILES string of the molecule is C=C1COc2cccc(C(C)(C)C)c2N1C. The molecule has 0 aliphatic carbocycles. The van der Waals surface area contributed by atoms with Crippen molar-refractivity contribution in [1.29, 1.82) is 0 Å². The molecule has 1 aliphatic rings. The van der Waals surface area contributed by atoms with Crippen LogP contribution in [0.2, 0.25) is 0 Å². The van der Waals surface area contributed by atoms with Crippen LogP contribution in [0, 0.1) is 0 Å². The number of nitrogens with zero attached hydrogens (tertiary/aromatic N) is 1. The van der Waals surface area contributed by atoms with Crippen LogP contribution in [-0.2, 0) is 5.41 Å². The van der Waals surface area contributed by atoms with Crippen LogP contribution in [0.4, 0.5) is 5.69 Å². The van der Waals surface area contributed by atoms with Crippen LogP contribution < -0.4 is 9.64 Å². The number of hydrogen-bond donors (Lipinski definition) is 0. The third-order valence-electron chi connectivity index (χ3n) is 3.01. The molecule has 1 aromatic carbocycles. The van der Waals surface area contributed by atoms with Gasteiger partial charge in [-0.2, -0.15) is 0 Å². The Morgan fingerprint density at radius 1 is 1.31 bits per heavy atom. The monoisotopic (exact) mass is 217 g/mol. The van der Waals surface area contributed by atoms with Crippen LogP contribution in [0.5, 0.6) is 5.75 Å². The van der Waals surface area contributed by atoms with Crippen molar-refractivity contribution < 1.29 is 4.74 Å². The number of likely N-dealkylation sites (N-methyl/N-ethyl adjacent to an activating group) is 1. The van der Waals surface area contributed by atoms with Gasteiger partial charge in [0, 0.05) is 12.7 Å². The van der Waals surface area contributed by atoms with E-state index in [0.29, 0.717) is 6.61 Å². The van der Waals surface area contributed by atoms with E-state index in [1.807, 2.05) is 6.07 Å². The molecule has 1 aromatic rings. The highest BCUT2D eigenvalue weighted by molar-refractivity contribution is 5.69. The summed E-state index contributed by atoms with van der Waals surface area (Å²) in [6.07, 6.45) is 0. The molecule has 2 nitrogen and oxygen atoms in total. The van der Waals surface area contributed by atoms with Crippen LogP contribution in [0.3, 0.4) is 0 Å². The Kier molecular flexibility index (Phi) is 2.45. The zero-order chi connectivity index (χ0) is 11.9. The molecule has 0 bridgehead atoms. The summed E-state index contributed by atoms with van der Waals surface area (Å²) in [4.78, 5) is 2.14. The van der Waals surface area contributed by atoms with Gasteiger partial charge in [-0.05, 0) is 17.0 Å². The summed E-state index contributed by atoms with van der Waals surface area (Å²) < 4.78 is 5.70. The normalized spacial score (nSPS) is 15.8. The van der Waals surface area contributed by atoms with E-state index in [1.165, 1.54) is 5.56 Å². The fourth-order valence-electron chi connectivity index (χ4n) is 2.01. The Morgan fingerprint density at radius 3 is 2.62 bits per heavy atom. The van der Waals surface area contributed by atoms with Crippen molar-refractivity contribution >= 4 is 5.69 Å². The van der Waals surface area contributed by atoms with Gasteiger partial charge < -0.3 is 9.64 Å². The Labute approximate surface area is 97.5 Å². The maximum Gasteiger partial charge on any atom is 0.143 e. The molecule has 1 aliphatic heterocycles. The van der Waals surface area contributed by atoms with E-state index in [4.69, 9.17) is 4.74 Å². The van der Waals surface area contributed by atoms with Crippen LogP contribution >= 0.6 is 0 Å². The Hall–Kier alpha value is -1.44. The third kappa shape index (κ3) is 1.69. The molecule has 0 spiro atoms. The van der Waals surface area contributed by atoms with Crippen molar-refractivity contribution in [3.8, 4) is 5.75 Å². The van der Waals surface area contributed by atoms with Crippen molar-refractivity contribution in [3.63, 3.8) is 0 Å². The molecule has 1 heterocycles. The lowest BCUT2D eigenvalue weighted by Gasteiger charge is -2.35. The molecular weight excluding hydrogens is 198 g/mol. The maximum absolute atomic E-state index is 5.70. The van der Waals surface area contributed by atoms with Crippen molar-refractivity contribution in [2.24, 2.45) is 0 Å². The summed E-state index contributed by atoms with van der Waals surface area (Å²) >= 11 is 0. The first-order chi connectivity index (χ1) is 7.41. The summed E-state index contributed by atoms with van der Waals surface area (Å²) in [5.41, 5.74) is 3.57.